The van der Waals surface area contributed by atoms with Crippen LogP contribution in [0.25, 0.3) is 5.69 Å². The van der Waals surface area contributed by atoms with Crippen LogP contribution in [-0.4, -0.2) is 82.3 Å². The van der Waals surface area contributed by atoms with E-state index in [2.05, 4.69) is 26.2 Å². The van der Waals surface area contributed by atoms with Crippen molar-refractivity contribution in [3.05, 3.63) is 101 Å². The Kier molecular flexibility index (Phi) is 7.62. The maximum Gasteiger partial charge on any atom is 0.270 e. The van der Waals surface area contributed by atoms with E-state index in [0.717, 1.165) is 47.1 Å². The van der Waals surface area contributed by atoms with Gasteiger partial charge < -0.3 is 28.8 Å². The maximum atomic E-state index is 14.2. The average Bonchev–Trinajstić information content (AvgIpc) is 3.51. The van der Waals surface area contributed by atoms with Gasteiger partial charge in [0.15, 0.2) is 0 Å². The summed E-state index contributed by atoms with van der Waals surface area (Å²) in [6.07, 6.45) is 0. The van der Waals surface area contributed by atoms with Crippen LogP contribution in [0.2, 0.25) is 0 Å². The molecule has 42 heavy (non-hydrogen) atoms. The van der Waals surface area contributed by atoms with E-state index in [9.17, 15) is 14.7 Å². The van der Waals surface area contributed by atoms with Gasteiger partial charge in [-0.15, -0.1) is 0 Å². The van der Waals surface area contributed by atoms with Crippen LogP contribution in [0.15, 0.2) is 66.7 Å². The summed E-state index contributed by atoms with van der Waals surface area (Å²) in [6, 6.07) is 21.5. The Morgan fingerprint density at radius 2 is 1.57 bits per heavy atom. The fourth-order valence-corrected chi connectivity index (χ4v) is 6.21. The number of hydrogen-bond acceptors (Lipinski definition) is 5. The number of fused-ring (bicyclic) bond motifs is 2. The molecule has 1 N–H and O–H groups in total. The Morgan fingerprint density at radius 1 is 0.833 bits per heavy atom. The molecule has 0 radical (unpaired) electrons. The summed E-state index contributed by atoms with van der Waals surface area (Å²) < 4.78 is 9.93. The summed E-state index contributed by atoms with van der Waals surface area (Å²) in [5.41, 5.74) is 6.95. The molecule has 2 amide bonds. The van der Waals surface area contributed by atoms with Crippen molar-refractivity contribution in [3.63, 3.8) is 0 Å². The second-order valence-corrected chi connectivity index (χ2v) is 11.0. The van der Waals surface area contributed by atoms with Gasteiger partial charge in [0.1, 0.15) is 11.4 Å². The number of aliphatic hydroxyl groups is 1. The van der Waals surface area contributed by atoms with Crippen LogP contribution in [0.5, 0.6) is 5.75 Å². The van der Waals surface area contributed by atoms with E-state index < -0.39 is 0 Å². The van der Waals surface area contributed by atoms with Gasteiger partial charge in [-0.1, -0.05) is 18.2 Å². The number of ether oxygens (including phenoxy) is 1. The van der Waals surface area contributed by atoms with Crippen molar-refractivity contribution in [1.29, 1.82) is 0 Å². The molecule has 0 aliphatic carbocycles. The molecule has 9 nitrogen and oxygen atoms in total. The number of para-hydroxylation sites is 1. The van der Waals surface area contributed by atoms with Gasteiger partial charge in [-0.2, -0.15) is 0 Å². The third kappa shape index (κ3) is 4.99. The number of carbonyl (C=O) groups excluding carboxylic acids is 2. The molecule has 9 heteroatoms. The molecule has 2 aromatic carbocycles. The number of hydrogen-bond donors (Lipinski definition) is 1. The quantitative estimate of drug-likeness (QED) is 0.383. The van der Waals surface area contributed by atoms with Gasteiger partial charge in [0.2, 0.25) is 0 Å². The van der Waals surface area contributed by atoms with Crippen LogP contribution >= 0.6 is 0 Å². The topological polar surface area (TPSA) is 83.2 Å². The molecular formula is C33H37N5O4. The van der Waals surface area contributed by atoms with E-state index in [0.29, 0.717) is 49.7 Å². The first-order chi connectivity index (χ1) is 20.4. The first kappa shape index (κ1) is 27.8. The number of carbonyl (C=O) groups is 2. The lowest BCUT2D eigenvalue weighted by molar-refractivity contribution is 0.0605. The van der Waals surface area contributed by atoms with Crippen molar-refractivity contribution in [2.75, 3.05) is 51.3 Å². The van der Waals surface area contributed by atoms with Crippen LogP contribution < -0.4 is 9.64 Å². The van der Waals surface area contributed by atoms with Crippen molar-refractivity contribution in [2.45, 2.75) is 26.9 Å². The first-order valence-corrected chi connectivity index (χ1v) is 14.4. The molecule has 4 aromatic rings. The summed E-state index contributed by atoms with van der Waals surface area (Å²) in [5.74, 6) is 0.496. The van der Waals surface area contributed by atoms with E-state index >= 15 is 0 Å². The summed E-state index contributed by atoms with van der Waals surface area (Å²) >= 11 is 0. The Hall–Kier alpha value is -4.34. The number of piperazine rings is 1. The highest BCUT2D eigenvalue weighted by Crippen LogP contribution is 2.33. The lowest BCUT2D eigenvalue weighted by Gasteiger charge is -2.34. The minimum absolute atomic E-state index is 0.00178. The fraction of sp³-hybridized carbons (Fsp3) is 0.333. The van der Waals surface area contributed by atoms with Crippen LogP contribution in [-0.2, 0) is 13.1 Å². The summed E-state index contributed by atoms with van der Waals surface area (Å²) in [6.45, 7) is 8.43. The normalized spacial score (nSPS) is 15.2. The predicted molar refractivity (Wildman–Crippen MR) is 162 cm³/mol. The first-order valence-electron chi connectivity index (χ1n) is 14.4. The third-order valence-corrected chi connectivity index (χ3v) is 8.48. The maximum absolute atomic E-state index is 14.2. The number of benzene rings is 2. The Labute approximate surface area is 246 Å². The minimum atomic E-state index is -0.129. The van der Waals surface area contributed by atoms with Gasteiger partial charge in [-0.3, -0.25) is 14.5 Å². The largest absolute Gasteiger partial charge is 0.495 e. The van der Waals surface area contributed by atoms with Gasteiger partial charge >= 0.3 is 0 Å². The molecule has 0 unspecified atom stereocenters. The van der Waals surface area contributed by atoms with Crippen molar-refractivity contribution in [1.82, 2.24) is 18.9 Å². The van der Waals surface area contributed by atoms with Gasteiger partial charge in [-0.05, 0) is 67.9 Å². The SMILES string of the molecule is COc1cc(C(=O)N2Cc3ccc(C(=O)N4CCN(CCO)CC4)n3Cc3ccccc32)ccc1-n1c(C)ccc1C. The lowest BCUT2D eigenvalue weighted by atomic mass is 10.1. The van der Waals surface area contributed by atoms with E-state index in [1.807, 2.05) is 73.3 Å². The predicted octanol–water partition coefficient (Wildman–Crippen LogP) is 3.86. The van der Waals surface area contributed by atoms with Crippen molar-refractivity contribution in [2.24, 2.45) is 0 Å². The van der Waals surface area contributed by atoms with Crippen LogP contribution in [0.3, 0.4) is 0 Å². The highest BCUT2D eigenvalue weighted by Gasteiger charge is 2.30. The van der Waals surface area contributed by atoms with Gasteiger partial charge in [0, 0.05) is 61.1 Å². The van der Waals surface area contributed by atoms with Crippen LogP contribution in [0.1, 0.15) is 43.5 Å². The molecule has 0 saturated carbocycles. The molecule has 2 aliphatic heterocycles. The minimum Gasteiger partial charge on any atom is -0.495 e. The lowest BCUT2D eigenvalue weighted by Crippen LogP contribution is -2.49. The molecular weight excluding hydrogens is 530 g/mol. The van der Waals surface area contributed by atoms with Crippen molar-refractivity contribution in [3.8, 4) is 11.4 Å². The monoisotopic (exact) mass is 567 g/mol. The standard InChI is InChI=1S/C33H37N5O4/c1-23-8-9-24(2)38(23)29-12-10-25(20-31(29)42-3)32(40)37-22-27-11-13-30(36(27)21-26-6-4-5-7-28(26)37)33(41)35-16-14-34(15-17-35)18-19-39/h4-13,20,39H,14-19,21-22H2,1-3H3. The number of anilines is 1. The number of aryl methyl sites for hydroxylation is 2. The zero-order valence-corrected chi connectivity index (χ0v) is 24.4. The molecule has 0 spiro atoms. The smallest absolute Gasteiger partial charge is 0.270 e. The highest BCUT2D eigenvalue weighted by atomic mass is 16.5. The number of methoxy groups -OCH3 is 1. The molecule has 0 atom stereocenters. The van der Waals surface area contributed by atoms with E-state index in [-0.39, 0.29) is 18.4 Å². The third-order valence-electron chi connectivity index (χ3n) is 8.48. The summed E-state index contributed by atoms with van der Waals surface area (Å²) in [4.78, 5) is 33.7. The summed E-state index contributed by atoms with van der Waals surface area (Å²) in [7, 11) is 1.63. The molecule has 6 rings (SSSR count). The molecule has 4 heterocycles. The van der Waals surface area contributed by atoms with Crippen molar-refractivity contribution >= 4 is 17.5 Å². The molecule has 0 bridgehead atoms. The Balaban J connectivity index is 1.31. The van der Waals surface area contributed by atoms with Gasteiger partial charge in [0.05, 0.1) is 32.5 Å². The zero-order valence-electron chi connectivity index (χ0n) is 24.4. The zero-order chi connectivity index (χ0) is 29.4. The fourth-order valence-electron chi connectivity index (χ4n) is 6.21. The number of rotatable bonds is 6. The Morgan fingerprint density at radius 3 is 2.29 bits per heavy atom. The second-order valence-electron chi connectivity index (χ2n) is 11.0. The number of nitrogens with zero attached hydrogens (tertiary/aromatic N) is 5. The number of amides is 2. The number of aromatic nitrogens is 2. The van der Waals surface area contributed by atoms with E-state index in [1.165, 1.54) is 0 Å². The van der Waals surface area contributed by atoms with Crippen LogP contribution in [0.4, 0.5) is 5.69 Å². The second kappa shape index (κ2) is 11.5. The molecule has 218 valence electrons. The molecule has 1 fully saturated rings. The number of β-amino-alcohol motifs (C(OH)–C–C–N with tert-alkyl or cyclic N) is 1. The van der Waals surface area contributed by atoms with Gasteiger partial charge in [0.25, 0.3) is 11.8 Å². The molecule has 2 aliphatic rings. The van der Waals surface area contributed by atoms with E-state index in [4.69, 9.17) is 4.74 Å². The van der Waals surface area contributed by atoms with E-state index in [1.54, 1.807) is 12.0 Å². The van der Waals surface area contributed by atoms with Crippen LogP contribution in [0, 0.1) is 13.8 Å². The number of aliphatic hydroxyl groups excluding tert-OH is 1. The Bertz CT molecular complexity index is 1610. The molecule has 2 aromatic heterocycles. The van der Waals surface area contributed by atoms with Crippen molar-refractivity contribution < 1.29 is 19.4 Å². The highest BCUT2D eigenvalue weighted by molar-refractivity contribution is 6.07. The van der Waals surface area contributed by atoms with Gasteiger partial charge in [-0.25, -0.2) is 0 Å². The molecule has 1 saturated heterocycles. The summed E-state index contributed by atoms with van der Waals surface area (Å²) in [5, 5.41) is 9.25. The average molecular weight is 568 g/mol.